The molecule has 2 atom stereocenters. The molecular formula is C25H30F4O. The average molecular weight is 423 g/mol. The highest BCUT2D eigenvalue weighted by molar-refractivity contribution is 5.57. The molecule has 0 saturated heterocycles. The van der Waals surface area contributed by atoms with E-state index in [4.69, 9.17) is 4.74 Å². The van der Waals surface area contributed by atoms with Crippen LogP contribution in [0.5, 0.6) is 0 Å². The van der Waals surface area contributed by atoms with Crippen molar-refractivity contribution in [1.29, 1.82) is 0 Å². The monoisotopic (exact) mass is 422 g/mol. The van der Waals surface area contributed by atoms with Crippen LogP contribution in [0, 0.1) is 23.5 Å². The van der Waals surface area contributed by atoms with Crippen molar-refractivity contribution in [2.75, 3.05) is 6.61 Å². The second-order valence-electron chi connectivity index (χ2n) is 7.20. The molecule has 0 aliphatic carbocycles. The van der Waals surface area contributed by atoms with Crippen molar-refractivity contribution in [1.82, 2.24) is 0 Å². The van der Waals surface area contributed by atoms with Gasteiger partial charge in [0.1, 0.15) is 0 Å². The molecule has 0 amide bonds. The third kappa shape index (κ3) is 7.05. The summed E-state index contributed by atoms with van der Waals surface area (Å²) in [6.45, 7) is 14.2. The van der Waals surface area contributed by atoms with Gasteiger partial charge in [-0.2, -0.15) is 4.39 Å². The highest BCUT2D eigenvalue weighted by Gasteiger charge is 2.19. The Labute approximate surface area is 177 Å². The number of halogens is 4. The highest BCUT2D eigenvalue weighted by atomic mass is 19.2. The van der Waals surface area contributed by atoms with Crippen LogP contribution < -0.4 is 0 Å². The first-order valence-electron chi connectivity index (χ1n) is 9.99. The third-order valence-corrected chi connectivity index (χ3v) is 4.78. The van der Waals surface area contributed by atoms with Gasteiger partial charge < -0.3 is 4.74 Å². The maximum absolute atomic E-state index is 14.2. The Morgan fingerprint density at radius 3 is 2.10 bits per heavy atom. The minimum atomic E-state index is -1.14. The molecule has 0 aromatic heterocycles. The van der Waals surface area contributed by atoms with Crippen LogP contribution in [-0.4, -0.2) is 6.61 Å². The standard InChI is InChI=1S/C25H30F4O/c1-7-9-20-14-15-21(25(29)24(20)28)13-11-16(3)10-12-17(4)18(5)22(26)23(27)19(6)30-8-2/h7,9,11,13-17H,5-6,8,10,12H2,1-4H3/b9-7+,13-11+,23-22-. The van der Waals surface area contributed by atoms with E-state index in [1.165, 1.54) is 24.3 Å². The lowest BCUT2D eigenvalue weighted by Gasteiger charge is -2.16. The summed E-state index contributed by atoms with van der Waals surface area (Å²) >= 11 is 0. The zero-order chi connectivity index (χ0) is 22.8. The minimum absolute atomic E-state index is 0.0215. The molecule has 0 heterocycles. The van der Waals surface area contributed by atoms with Gasteiger partial charge in [-0.25, -0.2) is 13.2 Å². The minimum Gasteiger partial charge on any atom is -0.491 e. The smallest absolute Gasteiger partial charge is 0.200 e. The van der Waals surface area contributed by atoms with E-state index in [1.807, 2.05) is 6.92 Å². The maximum Gasteiger partial charge on any atom is 0.200 e. The van der Waals surface area contributed by atoms with Gasteiger partial charge in [-0.15, -0.1) is 0 Å². The summed E-state index contributed by atoms with van der Waals surface area (Å²) < 4.78 is 61.3. The Hall–Kier alpha value is -2.56. The number of allylic oxidation sites excluding steroid dienone is 5. The summed E-state index contributed by atoms with van der Waals surface area (Å²) in [5.74, 6) is -4.61. The molecule has 0 N–H and O–H groups in total. The Morgan fingerprint density at radius 2 is 1.57 bits per heavy atom. The number of rotatable bonds is 11. The molecule has 5 heteroatoms. The van der Waals surface area contributed by atoms with E-state index in [1.54, 1.807) is 32.9 Å². The Kier molecular flexibility index (Phi) is 10.4. The molecule has 1 rings (SSSR count). The molecule has 2 unspecified atom stereocenters. The molecular weight excluding hydrogens is 392 g/mol. The summed E-state index contributed by atoms with van der Waals surface area (Å²) in [4.78, 5) is 0. The molecule has 0 radical (unpaired) electrons. The number of benzene rings is 1. The van der Waals surface area contributed by atoms with Gasteiger partial charge in [0.25, 0.3) is 0 Å². The molecule has 164 valence electrons. The summed E-state index contributed by atoms with van der Waals surface area (Å²) in [6, 6.07) is 3.05. The molecule has 1 aromatic carbocycles. The normalized spacial score (nSPS) is 14.7. The van der Waals surface area contributed by atoms with Crippen molar-refractivity contribution < 1.29 is 22.3 Å². The predicted molar refractivity (Wildman–Crippen MR) is 117 cm³/mol. The van der Waals surface area contributed by atoms with Gasteiger partial charge >= 0.3 is 0 Å². The highest BCUT2D eigenvalue weighted by Crippen LogP contribution is 2.30. The second-order valence-corrected chi connectivity index (χ2v) is 7.20. The van der Waals surface area contributed by atoms with Crippen LogP contribution in [-0.2, 0) is 4.74 Å². The first-order chi connectivity index (χ1) is 14.1. The molecule has 1 nitrogen and oxygen atoms in total. The van der Waals surface area contributed by atoms with E-state index in [9.17, 15) is 17.6 Å². The molecule has 0 aliphatic heterocycles. The Morgan fingerprint density at radius 1 is 1.00 bits per heavy atom. The topological polar surface area (TPSA) is 9.23 Å². The van der Waals surface area contributed by atoms with Crippen LogP contribution >= 0.6 is 0 Å². The van der Waals surface area contributed by atoms with E-state index < -0.39 is 23.3 Å². The third-order valence-electron chi connectivity index (χ3n) is 4.78. The van der Waals surface area contributed by atoms with Crippen molar-refractivity contribution in [2.45, 2.75) is 40.5 Å². The van der Waals surface area contributed by atoms with Crippen molar-refractivity contribution in [2.24, 2.45) is 11.8 Å². The van der Waals surface area contributed by atoms with Gasteiger partial charge in [-0.1, -0.05) is 63.4 Å². The first-order valence-corrected chi connectivity index (χ1v) is 9.99. The molecule has 0 saturated carbocycles. The predicted octanol–water partition coefficient (Wildman–Crippen LogP) is 8.32. The molecule has 0 spiro atoms. The fraction of sp³-hybridized carbons (Fsp3) is 0.360. The Balaban J connectivity index is 2.73. The number of hydrogen-bond donors (Lipinski definition) is 0. The van der Waals surface area contributed by atoms with E-state index in [0.29, 0.717) is 12.8 Å². The lowest BCUT2D eigenvalue weighted by atomic mass is 9.91. The summed E-state index contributed by atoms with van der Waals surface area (Å²) in [5.41, 5.74) is 0.398. The quantitative estimate of drug-likeness (QED) is 0.198. The van der Waals surface area contributed by atoms with E-state index in [0.717, 1.165) is 0 Å². The fourth-order valence-corrected chi connectivity index (χ4v) is 2.78. The van der Waals surface area contributed by atoms with Crippen molar-refractivity contribution in [3.8, 4) is 0 Å². The van der Waals surface area contributed by atoms with E-state index >= 15 is 0 Å². The van der Waals surface area contributed by atoms with Gasteiger partial charge in [-0.05, 0) is 44.1 Å². The summed E-state index contributed by atoms with van der Waals surface area (Å²) in [5, 5.41) is 0. The SMILES string of the molecule is C=C(OCC)/C(F)=C(/F)C(=C)C(C)CCC(C)/C=C/c1ccc(/C=C/C)c(F)c1F. The average Bonchev–Trinajstić information content (AvgIpc) is 2.73. The van der Waals surface area contributed by atoms with Gasteiger partial charge in [0.05, 0.1) is 6.61 Å². The van der Waals surface area contributed by atoms with Crippen molar-refractivity contribution in [3.63, 3.8) is 0 Å². The van der Waals surface area contributed by atoms with Crippen LogP contribution in [0.3, 0.4) is 0 Å². The summed E-state index contributed by atoms with van der Waals surface area (Å²) in [7, 11) is 0. The molecule has 0 bridgehead atoms. The molecule has 1 aromatic rings. The largest absolute Gasteiger partial charge is 0.491 e. The number of ether oxygens (including phenoxy) is 1. The van der Waals surface area contributed by atoms with E-state index in [2.05, 4.69) is 13.2 Å². The lowest BCUT2D eigenvalue weighted by Crippen LogP contribution is -2.04. The second kappa shape index (κ2) is 12.2. The maximum atomic E-state index is 14.2. The van der Waals surface area contributed by atoms with E-state index in [-0.39, 0.29) is 40.9 Å². The molecule has 30 heavy (non-hydrogen) atoms. The zero-order valence-corrected chi connectivity index (χ0v) is 18.1. The van der Waals surface area contributed by atoms with Crippen LogP contribution in [0.4, 0.5) is 17.6 Å². The van der Waals surface area contributed by atoms with Gasteiger partial charge in [-0.3, -0.25) is 0 Å². The van der Waals surface area contributed by atoms with Crippen LogP contribution in [0.1, 0.15) is 51.7 Å². The van der Waals surface area contributed by atoms with Crippen molar-refractivity contribution >= 4 is 12.2 Å². The fourth-order valence-electron chi connectivity index (χ4n) is 2.78. The van der Waals surface area contributed by atoms with Crippen molar-refractivity contribution in [3.05, 3.63) is 83.2 Å². The molecule has 0 aliphatic rings. The lowest BCUT2D eigenvalue weighted by molar-refractivity contribution is 0.223. The van der Waals surface area contributed by atoms with Crippen LogP contribution in [0.25, 0.3) is 12.2 Å². The van der Waals surface area contributed by atoms with Crippen LogP contribution in [0.2, 0.25) is 0 Å². The molecule has 0 fully saturated rings. The first kappa shape index (κ1) is 25.5. The van der Waals surface area contributed by atoms with Crippen LogP contribution in [0.15, 0.2) is 60.4 Å². The van der Waals surface area contributed by atoms with Gasteiger partial charge in [0.15, 0.2) is 29.0 Å². The van der Waals surface area contributed by atoms with Gasteiger partial charge in [0, 0.05) is 11.1 Å². The zero-order valence-electron chi connectivity index (χ0n) is 18.1. The summed E-state index contributed by atoms with van der Waals surface area (Å²) in [6.07, 6.45) is 7.63. The van der Waals surface area contributed by atoms with Gasteiger partial charge in [0.2, 0.25) is 0 Å². The number of hydrogen-bond acceptors (Lipinski definition) is 1. The Bertz CT molecular complexity index is 849.